The van der Waals surface area contributed by atoms with Crippen molar-refractivity contribution in [2.45, 2.75) is 32.7 Å². The van der Waals surface area contributed by atoms with E-state index < -0.39 is 11.7 Å². The SMILES string of the molecule is CC(C)Oc1cc(NCc2cnc(Cl)s2)cc(C(F)(F)F)c1. The first-order valence-corrected chi connectivity index (χ1v) is 7.66. The van der Waals surface area contributed by atoms with Crippen LogP contribution in [-0.4, -0.2) is 11.1 Å². The lowest BCUT2D eigenvalue weighted by Gasteiger charge is -2.15. The fraction of sp³-hybridized carbons (Fsp3) is 0.357. The molecule has 0 fully saturated rings. The van der Waals surface area contributed by atoms with Crippen LogP contribution in [0, 0.1) is 0 Å². The molecule has 1 aromatic heterocycles. The van der Waals surface area contributed by atoms with Crippen molar-refractivity contribution < 1.29 is 17.9 Å². The molecule has 120 valence electrons. The van der Waals surface area contributed by atoms with Gasteiger partial charge in [0, 0.05) is 22.8 Å². The highest BCUT2D eigenvalue weighted by atomic mass is 35.5. The number of hydrogen-bond donors (Lipinski definition) is 1. The summed E-state index contributed by atoms with van der Waals surface area (Å²) >= 11 is 6.99. The zero-order valence-corrected chi connectivity index (χ0v) is 13.4. The lowest BCUT2D eigenvalue weighted by atomic mass is 10.1. The molecule has 0 aliphatic rings. The van der Waals surface area contributed by atoms with Gasteiger partial charge >= 0.3 is 6.18 Å². The number of ether oxygens (including phenoxy) is 1. The fourth-order valence-electron chi connectivity index (χ4n) is 1.76. The third kappa shape index (κ3) is 4.78. The average Bonchev–Trinajstić information content (AvgIpc) is 2.80. The molecule has 0 aliphatic heterocycles. The van der Waals surface area contributed by atoms with Crippen LogP contribution in [0.5, 0.6) is 5.75 Å². The molecule has 2 aromatic rings. The van der Waals surface area contributed by atoms with E-state index in [9.17, 15) is 13.2 Å². The molecule has 0 atom stereocenters. The van der Waals surface area contributed by atoms with Crippen molar-refractivity contribution in [3.8, 4) is 5.75 Å². The second-order valence-electron chi connectivity index (χ2n) is 4.84. The quantitative estimate of drug-likeness (QED) is 0.803. The Kier molecular flexibility index (Phi) is 5.18. The van der Waals surface area contributed by atoms with Crippen molar-refractivity contribution in [3.05, 3.63) is 39.3 Å². The summed E-state index contributed by atoms with van der Waals surface area (Å²) in [6, 6.07) is 3.59. The number of halogens is 4. The third-order valence-electron chi connectivity index (χ3n) is 2.60. The van der Waals surface area contributed by atoms with Gasteiger partial charge in [0.15, 0.2) is 4.47 Å². The van der Waals surface area contributed by atoms with Crippen LogP contribution in [0.4, 0.5) is 18.9 Å². The van der Waals surface area contributed by atoms with Crippen molar-refractivity contribution in [3.63, 3.8) is 0 Å². The second kappa shape index (κ2) is 6.75. The molecule has 0 unspecified atom stereocenters. The minimum atomic E-state index is -4.43. The maximum Gasteiger partial charge on any atom is 0.416 e. The summed E-state index contributed by atoms with van der Waals surface area (Å²) in [5.74, 6) is 0.176. The molecule has 22 heavy (non-hydrogen) atoms. The van der Waals surface area contributed by atoms with E-state index in [0.717, 1.165) is 17.0 Å². The lowest BCUT2D eigenvalue weighted by Crippen LogP contribution is -2.10. The summed E-state index contributed by atoms with van der Waals surface area (Å²) in [5.41, 5.74) is -0.425. The van der Waals surface area contributed by atoms with E-state index in [-0.39, 0.29) is 11.9 Å². The van der Waals surface area contributed by atoms with Crippen LogP contribution in [0.25, 0.3) is 0 Å². The number of alkyl halides is 3. The van der Waals surface area contributed by atoms with E-state index in [2.05, 4.69) is 10.3 Å². The minimum Gasteiger partial charge on any atom is -0.491 e. The first-order valence-electron chi connectivity index (χ1n) is 6.47. The smallest absolute Gasteiger partial charge is 0.416 e. The third-order valence-corrected chi connectivity index (χ3v) is 3.71. The Morgan fingerprint density at radius 3 is 2.59 bits per heavy atom. The minimum absolute atomic E-state index is 0.176. The number of hydrogen-bond acceptors (Lipinski definition) is 4. The van der Waals surface area contributed by atoms with Gasteiger partial charge in [-0.15, -0.1) is 11.3 Å². The Morgan fingerprint density at radius 2 is 2.05 bits per heavy atom. The monoisotopic (exact) mass is 350 g/mol. The first-order chi connectivity index (χ1) is 10.2. The van der Waals surface area contributed by atoms with Crippen LogP contribution >= 0.6 is 22.9 Å². The molecule has 1 heterocycles. The maximum absolute atomic E-state index is 12.9. The molecule has 0 spiro atoms. The molecule has 0 saturated heterocycles. The predicted octanol–water partition coefficient (Wildman–Crippen LogP) is 5.21. The van der Waals surface area contributed by atoms with Crippen LogP contribution in [0.2, 0.25) is 4.47 Å². The summed E-state index contributed by atoms with van der Waals surface area (Å²) in [6.45, 7) is 3.85. The topological polar surface area (TPSA) is 34.1 Å². The van der Waals surface area contributed by atoms with Gasteiger partial charge in [-0.1, -0.05) is 11.6 Å². The lowest BCUT2D eigenvalue weighted by molar-refractivity contribution is -0.137. The summed E-state index contributed by atoms with van der Waals surface area (Å²) in [6.07, 6.45) is -3.06. The Labute approximate surface area is 135 Å². The summed E-state index contributed by atoms with van der Waals surface area (Å²) in [7, 11) is 0. The number of nitrogens with zero attached hydrogens (tertiary/aromatic N) is 1. The van der Waals surface area contributed by atoms with Crippen LogP contribution in [0.15, 0.2) is 24.4 Å². The van der Waals surface area contributed by atoms with Crippen molar-refractivity contribution in [1.29, 1.82) is 0 Å². The highest BCUT2D eigenvalue weighted by molar-refractivity contribution is 7.15. The Bertz CT molecular complexity index is 643. The largest absolute Gasteiger partial charge is 0.491 e. The molecular formula is C14H14ClF3N2OS. The fourth-order valence-corrected chi connectivity index (χ4v) is 2.68. The molecule has 0 radical (unpaired) electrons. The van der Waals surface area contributed by atoms with E-state index in [1.54, 1.807) is 20.0 Å². The van der Waals surface area contributed by atoms with Gasteiger partial charge in [-0.25, -0.2) is 4.98 Å². The number of benzene rings is 1. The highest BCUT2D eigenvalue weighted by Crippen LogP contribution is 2.34. The van der Waals surface area contributed by atoms with Gasteiger partial charge in [0.05, 0.1) is 18.2 Å². The van der Waals surface area contributed by atoms with E-state index in [4.69, 9.17) is 16.3 Å². The molecule has 3 nitrogen and oxygen atoms in total. The first kappa shape index (κ1) is 16.9. The molecular weight excluding hydrogens is 337 g/mol. The van der Waals surface area contributed by atoms with Gasteiger partial charge in [-0.05, 0) is 26.0 Å². The van der Waals surface area contributed by atoms with Gasteiger partial charge < -0.3 is 10.1 Å². The van der Waals surface area contributed by atoms with Gasteiger partial charge in [0.25, 0.3) is 0 Å². The van der Waals surface area contributed by atoms with Gasteiger partial charge in [-0.3, -0.25) is 0 Å². The van der Waals surface area contributed by atoms with Crippen molar-refractivity contribution in [2.75, 3.05) is 5.32 Å². The molecule has 0 aliphatic carbocycles. The van der Waals surface area contributed by atoms with Crippen molar-refractivity contribution in [1.82, 2.24) is 4.98 Å². The Balaban J connectivity index is 2.21. The number of anilines is 1. The maximum atomic E-state index is 12.9. The molecule has 8 heteroatoms. The Morgan fingerprint density at radius 1 is 1.32 bits per heavy atom. The van der Waals surface area contributed by atoms with Gasteiger partial charge in [-0.2, -0.15) is 13.2 Å². The molecule has 2 rings (SSSR count). The van der Waals surface area contributed by atoms with Crippen molar-refractivity contribution in [2.24, 2.45) is 0 Å². The van der Waals surface area contributed by atoms with E-state index in [1.807, 2.05) is 0 Å². The van der Waals surface area contributed by atoms with Crippen molar-refractivity contribution >= 4 is 28.6 Å². The van der Waals surface area contributed by atoms with Crippen LogP contribution in [-0.2, 0) is 12.7 Å². The summed E-state index contributed by atoms with van der Waals surface area (Å²) in [4.78, 5) is 4.71. The molecule has 0 amide bonds. The van der Waals surface area contributed by atoms with Crippen LogP contribution in [0.1, 0.15) is 24.3 Å². The Hall–Kier alpha value is -1.47. The van der Waals surface area contributed by atoms with E-state index in [0.29, 0.717) is 16.7 Å². The zero-order valence-electron chi connectivity index (χ0n) is 11.9. The van der Waals surface area contributed by atoms with Crippen LogP contribution < -0.4 is 10.1 Å². The number of nitrogens with one attached hydrogen (secondary N) is 1. The molecule has 1 aromatic carbocycles. The van der Waals surface area contributed by atoms with Crippen LogP contribution in [0.3, 0.4) is 0 Å². The highest BCUT2D eigenvalue weighted by Gasteiger charge is 2.31. The average molecular weight is 351 g/mol. The normalized spacial score (nSPS) is 11.8. The summed E-state index contributed by atoms with van der Waals surface area (Å²) in [5, 5.41) is 2.93. The zero-order chi connectivity index (χ0) is 16.3. The number of rotatable bonds is 5. The number of aromatic nitrogens is 1. The summed E-state index contributed by atoms with van der Waals surface area (Å²) < 4.78 is 44.6. The number of thiazole rings is 1. The van der Waals surface area contributed by atoms with E-state index >= 15 is 0 Å². The second-order valence-corrected chi connectivity index (χ2v) is 6.54. The van der Waals surface area contributed by atoms with Gasteiger partial charge in [0.1, 0.15) is 5.75 Å². The molecule has 0 saturated carbocycles. The van der Waals surface area contributed by atoms with Gasteiger partial charge in [0.2, 0.25) is 0 Å². The standard InChI is InChI=1S/C14H14ClF3N2OS/c1-8(2)21-11-4-9(14(16,17)18)3-10(5-11)19-6-12-7-20-13(15)22-12/h3-5,7-8,19H,6H2,1-2H3. The molecule has 0 bridgehead atoms. The molecule has 1 N–H and O–H groups in total. The van der Waals surface area contributed by atoms with E-state index in [1.165, 1.54) is 17.4 Å². The predicted molar refractivity (Wildman–Crippen MR) is 81.7 cm³/mol.